The number of rotatable bonds is 3. The second-order valence-corrected chi connectivity index (χ2v) is 5.31. The number of aliphatic carboxylic acids is 1. The van der Waals surface area contributed by atoms with E-state index in [2.05, 4.69) is 15.1 Å². The van der Waals surface area contributed by atoms with Crippen molar-refractivity contribution >= 4 is 5.97 Å². The van der Waals surface area contributed by atoms with Gasteiger partial charge < -0.3 is 9.63 Å². The van der Waals surface area contributed by atoms with Gasteiger partial charge in [0.15, 0.2) is 0 Å². The number of hydrogen-bond acceptors (Lipinski definition) is 5. The highest BCUT2D eigenvalue weighted by molar-refractivity contribution is 5.77. The molecule has 98 valence electrons. The number of carbonyl (C=O) groups is 1. The first-order valence-corrected chi connectivity index (χ1v) is 5.98. The number of pyridine rings is 1. The van der Waals surface area contributed by atoms with Crippen molar-refractivity contribution < 1.29 is 14.4 Å². The molecule has 2 unspecified atom stereocenters. The van der Waals surface area contributed by atoms with Crippen molar-refractivity contribution in [3.8, 4) is 11.4 Å². The van der Waals surface area contributed by atoms with Gasteiger partial charge in [-0.05, 0) is 17.5 Å². The molecule has 2 aromatic rings. The minimum absolute atomic E-state index is 0.220. The number of hydrogen-bond donors (Lipinski definition) is 1. The van der Waals surface area contributed by atoms with Gasteiger partial charge in [-0.15, -0.1) is 0 Å². The average molecular weight is 259 g/mol. The fraction of sp³-hybridized carbons (Fsp3) is 0.385. The Morgan fingerprint density at radius 1 is 1.47 bits per heavy atom. The highest BCUT2D eigenvalue weighted by Gasteiger charge is 2.65. The van der Waals surface area contributed by atoms with Crippen LogP contribution >= 0.6 is 0 Å². The van der Waals surface area contributed by atoms with E-state index in [1.165, 1.54) is 0 Å². The molecule has 0 spiro atoms. The van der Waals surface area contributed by atoms with Crippen molar-refractivity contribution in [3.05, 3.63) is 30.4 Å². The van der Waals surface area contributed by atoms with Gasteiger partial charge in [-0.2, -0.15) is 4.98 Å². The summed E-state index contributed by atoms with van der Waals surface area (Å²) in [5.74, 6) is -0.681. The van der Waals surface area contributed by atoms with Crippen LogP contribution in [0.1, 0.15) is 25.7 Å². The van der Waals surface area contributed by atoms with Gasteiger partial charge in [-0.1, -0.05) is 19.0 Å². The van der Waals surface area contributed by atoms with Crippen LogP contribution in [-0.4, -0.2) is 26.2 Å². The van der Waals surface area contributed by atoms with Gasteiger partial charge in [-0.3, -0.25) is 9.78 Å². The Balaban J connectivity index is 1.90. The quantitative estimate of drug-likeness (QED) is 0.906. The summed E-state index contributed by atoms with van der Waals surface area (Å²) in [6, 6.07) is 3.61. The molecule has 1 saturated carbocycles. The molecule has 6 nitrogen and oxygen atoms in total. The van der Waals surface area contributed by atoms with Crippen LogP contribution in [0, 0.1) is 11.3 Å². The molecule has 2 heterocycles. The van der Waals surface area contributed by atoms with E-state index < -0.39 is 11.9 Å². The number of carboxylic acid groups (broad SMARTS) is 1. The molecule has 3 rings (SSSR count). The lowest BCUT2D eigenvalue weighted by Crippen LogP contribution is -2.03. The van der Waals surface area contributed by atoms with Crippen molar-refractivity contribution in [1.82, 2.24) is 15.1 Å². The maximum absolute atomic E-state index is 11.1. The minimum atomic E-state index is -0.823. The van der Waals surface area contributed by atoms with E-state index >= 15 is 0 Å². The molecule has 1 N–H and O–H groups in total. The summed E-state index contributed by atoms with van der Waals surface area (Å²) in [6.45, 7) is 3.79. The normalized spacial score (nSPS) is 24.1. The fourth-order valence-corrected chi connectivity index (χ4v) is 2.53. The monoisotopic (exact) mass is 259 g/mol. The van der Waals surface area contributed by atoms with Crippen LogP contribution in [0.3, 0.4) is 0 Å². The molecule has 0 radical (unpaired) electrons. The second-order valence-electron chi connectivity index (χ2n) is 5.31. The van der Waals surface area contributed by atoms with E-state index in [1.54, 1.807) is 18.5 Å². The van der Waals surface area contributed by atoms with Crippen LogP contribution < -0.4 is 0 Å². The van der Waals surface area contributed by atoms with Gasteiger partial charge in [0.25, 0.3) is 0 Å². The van der Waals surface area contributed by atoms with Crippen molar-refractivity contribution in [2.75, 3.05) is 0 Å². The van der Waals surface area contributed by atoms with Crippen molar-refractivity contribution in [1.29, 1.82) is 0 Å². The molecule has 0 aromatic carbocycles. The highest BCUT2D eigenvalue weighted by atomic mass is 16.5. The summed E-state index contributed by atoms with van der Waals surface area (Å²) in [4.78, 5) is 19.4. The largest absolute Gasteiger partial charge is 0.481 e. The molecule has 2 aromatic heterocycles. The molecular formula is C13H13N3O3. The van der Waals surface area contributed by atoms with Crippen LogP contribution in [0.25, 0.3) is 11.4 Å². The zero-order valence-electron chi connectivity index (χ0n) is 10.6. The Labute approximate surface area is 109 Å². The summed E-state index contributed by atoms with van der Waals surface area (Å²) in [5, 5.41) is 13.0. The Bertz CT molecular complexity index is 621. The van der Waals surface area contributed by atoms with Gasteiger partial charge in [0.1, 0.15) is 0 Å². The number of nitrogens with zero attached hydrogens (tertiary/aromatic N) is 3. The fourth-order valence-electron chi connectivity index (χ4n) is 2.53. The third kappa shape index (κ3) is 1.80. The SMILES string of the molecule is CC1(C)C(C(=O)O)C1c1nc(-c2cccnc2)no1. The lowest BCUT2D eigenvalue weighted by molar-refractivity contribution is -0.139. The molecule has 0 bridgehead atoms. The van der Waals surface area contributed by atoms with Gasteiger partial charge in [0.2, 0.25) is 11.7 Å². The molecule has 0 saturated heterocycles. The lowest BCUT2D eigenvalue weighted by atomic mass is 10.1. The van der Waals surface area contributed by atoms with E-state index in [0.717, 1.165) is 5.56 Å². The summed E-state index contributed by atoms with van der Waals surface area (Å²) in [7, 11) is 0. The molecular weight excluding hydrogens is 246 g/mol. The summed E-state index contributed by atoms with van der Waals surface area (Å²) in [5.41, 5.74) is 0.410. The van der Waals surface area contributed by atoms with Gasteiger partial charge in [0, 0.05) is 18.0 Å². The number of carboxylic acids is 1. The third-order valence-corrected chi connectivity index (χ3v) is 3.72. The zero-order chi connectivity index (χ0) is 13.6. The van der Waals surface area contributed by atoms with E-state index in [-0.39, 0.29) is 11.3 Å². The molecule has 1 aliphatic carbocycles. The molecule has 1 aliphatic rings. The predicted molar refractivity (Wildman–Crippen MR) is 65.2 cm³/mol. The van der Waals surface area contributed by atoms with E-state index in [0.29, 0.717) is 11.7 Å². The van der Waals surface area contributed by atoms with Crippen molar-refractivity contribution in [2.45, 2.75) is 19.8 Å². The second kappa shape index (κ2) is 3.88. The summed E-state index contributed by atoms with van der Waals surface area (Å²) in [6.07, 6.45) is 3.30. The Morgan fingerprint density at radius 2 is 2.26 bits per heavy atom. The summed E-state index contributed by atoms with van der Waals surface area (Å²) < 4.78 is 5.21. The Kier molecular flexibility index (Phi) is 2.41. The molecule has 6 heteroatoms. The van der Waals surface area contributed by atoms with Gasteiger partial charge >= 0.3 is 5.97 Å². The third-order valence-electron chi connectivity index (χ3n) is 3.72. The number of aromatic nitrogens is 3. The lowest BCUT2D eigenvalue weighted by Gasteiger charge is -1.96. The maximum atomic E-state index is 11.1. The molecule has 0 aliphatic heterocycles. The van der Waals surface area contributed by atoms with Gasteiger partial charge in [0.05, 0.1) is 11.8 Å². The average Bonchev–Trinajstić information content (AvgIpc) is 2.76. The minimum Gasteiger partial charge on any atom is -0.481 e. The van der Waals surface area contributed by atoms with Crippen molar-refractivity contribution in [3.63, 3.8) is 0 Å². The van der Waals surface area contributed by atoms with Crippen LogP contribution in [0.2, 0.25) is 0 Å². The topological polar surface area (TPSA) is 89.1 Å². The molecule has 0 amide bonds. The van der Waals surface area contributed by atoms with Crippen molar-refractivity contribution in [2.24, 2.45) is 11.3 Å². The Hall–Kier alpha value is -2.24. The summed E-state index contributed by atoms with van der Waals surface area (Å²) >= 11 is 0. The van der Waals surface area contributed by atoms with Gasteiger partial charge in [-0.25, -0.2) is 0 Å². The van der Waals surface area contributed by atoms with Crippen LogP contribution in [0.4, 0.5) is 0 Å². The predicted octanol–water partition coefficient (Wildman–Crippen LogP) is 1.96. The maximum Gasteiger partial charge on any atom is 0.307 e. The first-order valence-electron chi connectivity index (χ1n) is 5.98. The van der Waals surface area contributed by atoms with E-state index in [1.807, 2.05) is 19.9 Å². The first-order chi connectivity index (χ1) is 9.01. The van der Waals surface area contributed by atoms with Crippen LogP contribution in [0.5, 0.6) is 0 Å². The van der Waals surface area contributed by atoms with E-state index in [9.17, 15) is 4.79 Å². The standard InChI is InChI=1S/C13H13N3O3/c1-13(2)8(9(13)12(17)18)11-15-10(16-19-11)7-4-3-5-14-6-7/h3-6,8-9H,1-2H3,(H,17,18). The Morgan fingerprint density at radius 3 is 2.84 bits per heavy atom. The zero-order valence-corrected chi connectivity index (χ0v) is 10.6. The first kappa shape index (κ1) is 11.8. The highest BCUT2D eigenvalue weighted by Crippen LogP contribution is 2.64. The van der Waals surface area contributed by atoms with Crippen LogP contribution in [-0.2, 0) is 4.79 Å². The molecule has 19 heavy (non-hydrogen) atoms. The molecule has 2 atom stereocenters. The molecule has 1 fully saturated rings. The van der Waals surface area contributed by atoms with Crippen LogP contribution in [0.15, 0.2) is 29.0 Å². The van der Waals surface area contributed by atoms with E-state index in [4.69, 9.17) is 9.63 Å². The smallest absolute Gasteiger partial charge is 0.307 e.